The summed E-state index contributed by atoms with van der Waals surface area (Å²) in [7, 11) is 9.31. The molecular weight excluding hydrogens is 324 g/mol. The first kappa shape index (κ1) is 14.3. The molecule has 0 atom stereocenters. The van der Waals surface area contributed by atoms with Crippen molar-refractivity contribution < 1.29 is 13.5 Å². The van der Waals surface area contributed by atoms with E-state index in [1.807, 2.05) is 0 Å². The monoisotopic (exact) mass is 342 g/mol. The van der Waals surface area contributed by atoms with Crippen molar-refractivity contribution in [1.29, 1.82) is 0 Å². The third-order valence-electron chi connectivity index (χ3n) is 1.66. The molecule has 0 nitrogen and oxygen atoms in total. The van der Waals surface area contributed by atoms with Gasteiger partial charge in [-0.2, -0.15) is 0 Å². The van der Waals surface area contributed by atoms with Crippen LogP contribution < -0.4 is 0 Å². The Bertz CT molecular complexity index is 234. The van der Waals surface area contributed by atoms with Gasteiger partial charge < -0.3 is 0 Å². The SMILES string of the molecule is C[Si](C)(C)C(=[C]=[Ru]([Cl])[Cl])[Si](C)(C)C. The Morgan fingerprint density at radius 1 is 0.923 bits per heavy atom. The molecule has 0 spiro atoms. The summed E-state index contributed by atoms with van der Waals surface area (Å²) in [6, 6.07) is 0. The molecule has 0 aliphatic rings. The molecule has 0 fully saturated rings. The van der Waals surface area contributed by atoms with E-state index in [0.717, 1.165) is 0 Å². The molecular formula is C8H18Cl2RuSi2. The van der Waals surface area contributed by atoms with Crippen LogP contribution in [0.1, 0.15) is 0 Å². The second-order valence-electron chi connectivity index (χ2n) is 5.15. The van der Waals surface area contributed by atoms with E-state index in [-0.39, 0.29) is 0 Å². The van der Waals surface area contributed by atoms with Gasteiger partial charge in [-0.3, -0.25) is 0 Å². The zero-order valence-corrected chi connectivity index (χ0v) is 14.4. The molecule has 0 aliphatic carbocycles. The predicted molar refractivity (Wildman–Crippen MR) is 66.9 cm³/mol. The van der Waals surface area contributed by atoms with E-state index < -0.39 is 29.7 Å². The Labute approximate surface area is 96.8 Å². The Morgan fingerprint density at radius 3 is 1.31 bits per heavy atom. The van der Waals surface area contributed by atoms with Gasteiger partial charge >= 0.3 is 97.4 Å². The van der Waals surface area contributed by atoms with Crippen molar-refractivity contribution in [2.45, 2.75) is 39.3 Å². The zero-order chi connectivity index (χ0) is 10.9. The molecule has 0 aliphatic heterocycles. The molecule has 0 aromatic heterocycles. The van der Waals surface area contributed by atoms with Gasteiger partial charge in [-0.1, -0.05) is 0 Å². The summed E-state index contributed by atoms with van der Waals surface area (Å²) in [4.78, 5) is 1.52. The van der Waals surface area contributed by atoms with E-state index in [4.69, 9.17) is 19.4 Å². The fourth-order valence-electron chi connectivity index (χ4n) is 1.46. The number of hydrogen-bond acceptors (Lipinski definition) is 0. The van der Waals surface area contributed by atoms with Crippen LogP contribution in [0.2, 0.25) is 39.3 Å². The van der Waals surface area contributed by atoms with Gasteiger partial charge in [0.25, 0.3) is 0 Å². The van der Waals surface area contributed by atoms with Crippen LogP contribution >= 0.6 is 19.4 Å². The van der Waals surface area contributed by atoms with Crippen molar-refractivity contribution in [3.8, 4) is 0 Å². The molecule has 0 rings (SSSR count). The van der Waals surface area contributed by atoms with Crippen LogP contribution in [0, 0.1) is 0 Å². The van der Waals surface area contributed by atoms with E-state index in [1.54, 1.807) is 0 Å². The molecule has 0 heterocycles. The van der Waals surface area contributed by atoms with Crippen LogP contribution in [0.15, 0.2) is 4.82 Å². The molecule has 0 amide bonds. The van der Waals surface area contributed by atoms with Crippen LogP contribution in [0.25, 0.3) is 0 Å². The molecule has 0 saturated carbocycles. The summed E-state index contributed by atoms with van der Waals surface area (Å²) in [6.45, 7) is 14.1. The van der Waals surface area contributed by atoms with E-state index in [1.165, 1.54) is 4.82 Å². The summed E-state index contributed by atoms with van der Waals surface area (Å²) in [6.07, 6.45) is 0. The molecule has 80 valence electrons. The molecule has 0 N–H and O–H groups in total. The van der Waals surface area contributed by atoms with Gasteiger partial charge in [0.2, 0.25) is 0 Å². The van der Waals surface area contributed by atoms with Crippen molar-refractivity contribution in [3.63, 3.8) is 0 Å². The Morgan fingerprint density at radius 2 is 1.23 bits per heavy atom. The molecule has 0 bridgehead atoms. The maximum atomic E-state index is 5.91. The quantitative estimate of drug-likeness (QED) is 0.666. The first-order valence-electron chi connectivity index (χ1n) is 4.19. The van der Waals surface area contributed by atoms with Crippen LogP contribution in [0.4, 0.5) is 0 Å². The zero-order valence-electron chi connectivity index (χ0n) is 9.11. The van der Waals surface area contributed by atoms with Gasteiger partial charge in [0.05, 0.1) is 0 Å². The van der Waals surface area contributed by atoms with Gasteiger partial charge in [0.15, 0.2) is 0 Å². The first-order chi connectivity index (χ1) is 5.55. The van der Waals surface area contributed by atoms with Crippen molar-refractivity contribution in [2.75, 3.05) is 0 Å². The average Bonchev–Trinajstić information content (AvgIpc) is 1.77. The minimum atomic E-state index is -1.74. The predicted octanol–water partition coefficient (Wildman–Crippen LogP) is 3.99. The molecule has 0 saturated heterocycles. The Hall–Kier alpha value is 1.29. The van der Waals surface area contributed by atoms with Gasteiger partial charge in [0, 0.05) is 0 Å². The Kier molecular flexibility index (Phi) is 5.36. The first-order valence-corrected chi connectivity index (χ1v) is 16.5. The van der Waals surface area contributed by atoms with Gasteiger partial charge in [-0.25, -0.2) is 0 Å². The van der Waals surface area contributed by atoms with Gasteiger partial charge in [0.1, 0.15) is 0 Å². The van der Waals surface area contributed by atoms with E-state index in [9.17, 15) is 0 Å². The molecule has 0 aromatic carbocycles. The van der Waals surface area contributed by atoms with Crippen molar-refractivity contribution in [2.24, 2.45) is 0 Å². The number of hydrogen-bond donors (Lipinski definition) is 0. The third-order valence-corrected chi connectivity index (χ3v) is 11.8. The molecule has 0 aromatic rings. The summed E-state index contributed by atoms with van der Waals surface area (Å²) in [5.74, 6) is 0. The fourth-order valence-corrected chi connectivity index (χ4v) is 18.4. The third kappa shape index (κ3) is 5.66. The Balaban J connectivity index is 5.41. The summed E-state index contributed by atoms with van der Waals surface area (Å²) in [5.41, 5.74) is 0. The number of halogens is 2. The van der Waals surface area contributed by atoms with Crippen LogP contribution in [0.5, 0.6) is 0 Å². The van der Waals surface area contributed by atoms with Crippen LogP contribution in [0.3, 0.4) is 0 Å². The summed E-state index contributed by atoms with van der Waals surface area (Å²) >= 11 is -1.74. The molecule has 5 heteroatoms. The summed E-state index contributed by atoms with van der Waals surface area (Å²) < 4.78 is 3.37. The van der Waals surface area contributed by atoms with Crippen molar-refractivity contribution in [1.82, 2.24) is 0 Å². The topological polar surface area (TPSA) is 0 Å². The van der Waals surface area contributed by atoms with E-state index >= 15 is 0 Å². The van der Waals surface area contributed by atoms with Crippen molar-refractivity contribution in [3.05, 3.63) is 4.82 Å². The van der Waals surface area contributed by atoms with Crippen LogP contribution in [-0.2, 0) is 13.5 Å². The fraction of sp³-hybridized carbons (Fsp3) is 0.750. The standard InChI is InChI=1S/C8H18Si2.2ClH.Ru/c1-8(9(2,3)4)10(5,6)7;;;/h2-7H3;2*1H;/q;;;+2/p-2. The van der Waals surface area contributed by atoms with Crippen LogP contribution in [-0.4, -0.2) is 20.4 Å². The summed E-state index contributed by atoms with van der Waals surface area (Å²) in [5, 5.41) is 0. The van der Waals surface area contributed by atoms with Crippen molar-refractivity contribution >= 4 is 39.8 Å². The molecule has 0 unspecified atom stereocenters. The molecule has 0 radical (unpaired) electrons. The minimum absolute atomic E-state index is 1.25. The van der Waals surface area contributed by atoms with E-state index in [0.29, 0.717) is 0 Å². The number of rotatable bonds is 2. The second kappa shape index (κ2) is 4.87. The van der Waals surface area contributed by atoms with Gasteiger partial charge in [-0.15, -0.1) is 0 Å². The normalized spacial score (nSPS) is 13.7. The van der Waals surface area contributed by atoms with E-state index in [2.05, 4.69) is 43.5 Å². The van der Waals surface area contributed by atoms with Gasteiger partial charge in [-0.05, 0) is 0 Å². The molecule has 13 heavy (non-hydrogen) atoms. The second-order valence-corrected chi connectivity index (χ2v) is 21.0. The maximum absolute atomic E-state index is 5.91. The average molecular weight is 342 g/mol.